The lowest BCUT2D eigenvalue weighted by Gasteiger charge is -2.10. The number of rotatable bonds is 5. The average Bonchev–Trinajstić information content (AvgIpc) is 3.42. The minimum absolute atomic E-state index is 0.0267. The lowest BCUT2D eigenvalue weighted by Crippen LogP contribution is -2.22. The van der Waals surface area contributed by atoms with Crippen LogP contribution in [0.25, 0.3) is 26.3 Å². The van der Waals surface area contributed by atoms with Crippen LogP contribution in [0.2, 0.25) is 0 Å². The van der Waals surface area contributed by atoms with Crippen LogP contribution in [0.15, 0.2) is 68.1 Å². The van der Waals surface area contributed by atoms with Crippen molar-refractivity contribution in [1.29, 1.82) is 0 Å². The van der Waals surface area contributed by atoms with E-state index in [0.717, 1.165) is 15.3 Å². The molecule has 0 saturated heterocycles. The van der Waals surface area contributed by atoms with Gasteiger partial charge in [-0.05, 0) is 30.5 Å². The molecule has 0 aliphatic heterocycles. The molecular formula is C21H16N4O2S3. The molecule has 5 heterocycles. The number of thiophene rings is 2. The van der Waals surface area contributed by atoms with E-state index in [4.69, 9.17) is 4.98 Å². The Balaban J connectivity index is 1.54. The van der Waals surface area contributed by atoms with E-state index in [2.05, 4.69) is 4.98 Å². The molecule has 0 aliphatic carbocycles. The third-order valence-corrected chi connectivity index (χ3v) is 7.52. The van der Waals surface area contributed by atoms with Crippen LogP contribution in [0, 0.1) is 0 Å². The molecule has 9 heteroatoms. The summed E-state index contributed by atoms with van der Waals surface area (Å²) in [5, 5.41) is 5.33. The lowest BCUT2D eigenvalue weighted by molar-refractivity contribution is 0.635. The molecule has 5 rings (SSSR count). The summed E-state index contributed by atoms with van der Waals surface area (Å²) in [5.74, 6) is 0.460. The highest BCUT2D eigenvalue weighted by Gasteiger charge is 2.17. The fourth-order valence-corrected chi connectivity index (χ4v) is 6.08. The smallest absolute Gasteiger partial charge is 0.263 e. The molecular weight excluding hydrogens is 436 g/mol. The molecule has 0 radical (unpaired) electrons. The summed E-state index contributed by atoms with van der Waals surface area (Å²) >= 11 is 4.53. The number of pyridine rings is 1. The summed E-state index contributed by atoms with van der Waals surface area (Å²) in [5.41, 5.74) is 2.08. The number of thioether (sulfide) groups is 1. The highest BCUT2D eigenvalue weighted by molar-refractivity contribution is 7.98. The van der Waals surface area contributed by atoms with Crippen molar-refractivity contribution in [1.82, 2.24) is 18.9 Å². The summed E-state index contributed by atoms with van der Waals surface area (Å²) in [6.07, 6.45) is 1.70. The summed E-state index contributed by atoms with van der Waals surface area (Å²) in [7, 11) is 0. The first kappa shape index (κ1) is 19.2. The summed E-state index contributed by atoms with van der Waals surface area (Å²) in [6.45, 7) is 2.47. The number of aromatic nitrogens is 4. The van der Waals surface area contributed by atoms with Crippen LogP contribution in [0.5, 0.6) is 0 Å². The van der Waals surface area contributed by atoms with Crippen LogP contribution in [-0.2, 0) is 12.3 Å². The highest BCUT2D eigenvalue weighted by Crippen LogP contribution is 2.34. The maximum atomic E-state index is 13.2. The van der Waals surface area contributed by atoms with Crippen molar-refractivity contribution in [3.8, 4) is 10.4 Å². The van der Waals surface area contributed by atoms with Gasteiger partial charge in [0.1, 0.15) is 10.5 Å². The quantitative estimate of drug-likeness (QED) is 0.290. The van der Waals surface area contributed by atoms with Gasteiger partial charge in [-0.1, -0.05) is 23.9 Å². The molecule has 0 spiro atoms. The van der Waals surface area contributed by atoms with Crippen molar-refractivity contribution in [3.63, 3.8) is 0 Å². The van der Waals surface area contributed by atoms with Gasteiger partial charge < -0.3 is 0 Å². The van der Waals surface area contributed by atoms with Gasteiger partial charge in [0.05, 0.1) is 11.1 Å². The van der Waals surface area contributed by atoms with Crippen LogP contribution in [-0.4, -0.2) is 18.9 Å². The Hall–Kier alpha value is -2.75. The van der Waals surface area contributed by atoms with Crippen molar-refractivity contribution in [2.45, 2.75) is 24.4 Å². The average molecular weight is 453 g/mol. The normalized spacial score (nSPS) is 11.5. The third-order valence-electron chi connectivity index (χ3n) is 4.73. The van der Waals surface area contributed by atoms with E-state index >= 15 is 0 Å². The van der Waals surface area contributed by atoms with Gasteiger partial charge in [0.15, 0.2) is 5.16 Å². The second-order valence-corrected chi connectivity index (χ2v) is 9.30. The molecule has 0 unspecified atom stereocenters. The molecule has 150 valence electrons. The zero-order chi connectivity index (χ0) is 20.7. The van der Waals surface area contributed by atoms with Gasteiger partial charge >= 0.3 is 0 Å². The van der Waals surface area contributed by atoms with Crippen molar-refractivity contribution in [2.75, 3.05) is 0 Å². The molecule has 0 fully saturated rings. The van der Waals surface area contributed by atoms with Crippen molar-refractivity contribution in [3.05, 3.63) is 79.8 Å². The van der Waals surface area contributed by atoms with Gasteiger partial charge in [-0.15, -0.1) is 22.7 Å². The molecule has 0 aromatic carbocycles. The Morgan fingerprint density at radius 1 is 1.10 bits per heavy atom. The van der Waals surface area contributed by atoms with E-state index in [1.54, 1.807) is 34.2 Å². The maximum absolute atomic E-state index is 13.2. The molecule has 0 amide bonds. The summed E-state index contributed by atoms with van der Waals surface area (Å²) in [4.78, 5) is 36.7. The molecule has 0 bridgehead atoms. The minimum Gasteiger partial charge on any atom is -0.287 e. The number of hydrogen-bond acceptors (Lipinski definition) is 7. The summed E-state index contributed by atoms with van der Waals surface area (Å²) in [6, 6.07) is 11.0. The predicted molar refractivity (Wildman–Crippen MR) is 124 cm³/mol. The first-order valence-corrected chi connectivity index (χ1v) is 12.1. The zero-order valence-electron chi connectivity index (χ0n) is 15.9. The maximum Gasteiger partial charge on any atom is 0.263 e. The largest absolute Gasteiger partial charge is 0.287 e. The molecule has 30 heavy (non-hydrogen) atoms. The SMILES string of the molecule is CCn1c(SCc2cc(=O)n3ccccc3n2)nc2scc(-c3cccs3)c2c1=O. The van der Waals surface area contributed by atoms with Gasteiger partial charge in [-0.3, -0.25) is 18.6 Å². The van der Waals surface area contributed by atoms with Crippen LogP contribution < -0.4 is 11.1 Å². The van der Waals surface area contributed by atoms with Crippen molar-refractivity contribution in [2.24, 2.45) is 0 Å². The Kier molecular flexibility index (Phi) is 5.01. The van der Waals surface area contributed by atoms with Crippen LogP contribution >= 0.6 is 34.4 Å². The highest BCUT2D eigenvalue weighted by atomic mass is 32.2. The second-order valence-electron chi connectivity index (χ2n) is 6.55. The number of nitrogens with zero attached hydrogens (tertiary/aromatic N) is 4. The van der Waals surface area contributed by atoms with Crippen molar-refractivity contribution >= 4 is 50.3 Å². The van der Waals surface area contributed by atoms with Crippen LogP contribution in [0.1, 0.15) is 12.6 Å². The van der Waals surface area contributed by atoms with Crippen LogP contribution in [0.4, 0.5) is 0 Å². The molecule has 5 aromatic heterocycles. The monoisotopic (exact) mass is 452 g/mol. The Labute approximate surface area is 183 Å². The van der Waals surface area contributed by atoms with E-state index in [0.29, 0.717) is 34.2 Å². The standard InChI is InChI=1S/C21H16N4O2S3/c1-2-24-20(27)18-14(15-6-5-9-28-15)12-29-19(18)23-21(24)30-11-13-10-17(26)25-8-4-3-7-16(25)22-13/h3-10,12H,2,11H2,1H3. The Morgan fingerprint density at radius 3 is 2.80 bits per heavy atom. The van der Waals surface area contributed by atoms with Crippen LogP contribution in [0.3, 0.4) is 0 Å². The van der Waals surface area contributed by atoms with Gasteiger partial charge in [-0.25, -0.2) is 9.97 Å². The van der Waals surface area contributed by atoms with E-state index in [1.165, 1.54) is 33.6 Å². The summed E-state index contributed by atoms with van der Waals surface area (Å²) < 4.78 is 3.21. The molecule has 0 saturated carbocycles. The van der Waals surface area contributed by atoms with E-state index in [1.807, 2.05) is 35.9 Å². The minimum atomic E-state index is -0.119. The molecule has 0 aliphatic rings. The van der Waals surface area contributed by atoms with Crippen molar-refractivity contribution < 1.29 is 0 Å². The van der Waals surface area contributed by atoms with Gasteiger partial charge in [-0.2, -0.15) is 0 Å². The van der Waals surface area contributed by atoms with E-state index in [-0.39, 0.29) is 11.1 Å². The Morgan fingerprint density at radius 2 is 2.00 bits per heavy atom. The first-order chi connectivity index (χ1) is 14.7. The zero-order valence-corrected chi connectivity index (χ0v) is 18.4. The van der Waals surface area contributed by atoms with Gasteiger partial charge in [0.2, 0.25) is 0 Å². The fourth-order valence-electron chi connectivity index (χ4n) is 3.32. The van der Waals surface area contributed by atoms with E-state index < -0.39 is 0 Å². The van der Waals surface area contributed by atoms with Gasteiger partial charge in [0, 0.05) is 40.4 Å². The number of hydrogen-bond donors (Lipinski definition) is 0. The predicted octanol–water partition coefficient (Wildman–Crippen LogP) is 4.51. The molecule has 5 aromatic rings. The lowest BCUT2D eigenvalue weighted by atomic mass is 10.2. The molecule has 0 N–H and O–H groups in total. The second kappa shape index (κ2) is 7.82. The van der Waals surface area contributed by atoms with Gasteiger partial charge in [0.25, 0.3) is 11.1 Å². The number of fused-ring (bicyclic) bond motifs is 2. The molecule has 0 atom stereocenters. The first-order valence-electron chi connectivity index (χ1n) is 9.31. The van der Waals surface area contributed by atoms with E-state index in [9.17, 15) is 9.59 Å². The Bertz CT molecular complexity index is 1480. The third kappa shape index (κ3) is 3.28. The molecule has 6 nitrogen and oxygen atoms in total. The topological polar surface area (TPSA) is 69.3 Å². The fraction of sp³-hybridized carbons (Fsp3) is 0.143.